The highest BCUT2D eigenvalue weighted by atomic mass is 32.2. The first-order chi connectivity index (χ1) is 7.95. The highest BCUT2D eigenvalue weighted by Crippen LogP contribution is 2.22. The molecule has 0 saturated carbocycles. The summed E-state index contributed by atoms with van der Waals surface area (Å²) in [6.45, 7) is 4.22. The molecule has 1 atom stereocenters. The highest BCUT2D eigenvalue weighted by Gasteiger charge is 2.10. The molecule has 3 heteroatoms. The molecule has 0 spiro atoms. The summed E-state index contributed by atoms with van der Waals surface area (Å²) in [5.74, 6) is 0.347. The van der Waals surface area contributed by atoms with Gasteiger partial charge in [0.2, 0.25) is 0 Å². The second kappa shape index (κ2) is 6.01. The van der Waals surface area contributed by atoms with E-state index in [-0.39, 0.29) is 0 Å². The van der Waals surface area contributed by atoms with Crippen LogP contribution in [0.5, 0.6) is 0 Å². The van der Waals surface area contributed by atoms with E-state index in [1.54, 1.807) is 12.1 Å². The predicted octanol–water partition coefficient (Wildman–Crippen LogP) is 3.55. The third kappa shape index (κ3) is 4.35. The summed E-state index contributed by atoms with van der Waals surface area (Å²) in [5.41, 5.74) is 1.08. The van der Waals surface area contributed by atoms with Crippen LogP contribution in [0.25, 0.3) is 0 Å². The maximum Gasteiger partial charge on any atom is 0.175 e. The van der Waals surface area contributed by atoms with E-state index in [0.29, 0.717) is 10.8 Å². The molecule has 0 aliphatic rings. The molecule has 94 valence electrons. The van der Waals surface area contributed by atoms with Gasteiger partial charge in [0.25, 0.3) is 0 Å². The van der Waals surface area contributed by atoms with Crippen LogP contribution in [0.3, 0.4) is 0 Å². The monoisotopic (exact) mass is 252 g/mol. The highest BCUT2D eigenvalue weighted by molar-refractivity contribution is 7.90. The SMILES string of the molecule is CC/C=C\CC(C)c1cccc(S(C)(=O)=O)c1. The van der Waals surface area contributed by atoms with Crippen molar-refractivity contribution in [3.63, 3.8) is 0 Å². The summed E-state index contributed by atoms with van der Waals surface area (Å²) in [6, 6.07) is 7.22. The number of sulfone groups is 1. The molecule has 0 aliphatic heterocycles. The lowest BCUT2D eigenvalue weighted by Gasteiger charge is -2.10. The van der Waals surface area contributed by atoms with Crippen molar-refractivity contribution in [1.29, 1.82) is 0 Å². The molecule has 0 amide bonds. The molecule has 0 radical (unpaired) electrons. The zero-order valence-corrected chi connectivity index (χ0v) is 11.5. The van der Waals surface area contributed by atoms with Crippen molar-refractivity contribution in [3.05, 3.63) is 42.0 Å². The first kappa shape index (κ1) is 14.0. The summed E-state index contributed by atoms with van der Waals surface area (Å²) >= 11 is 0. The van der Waals surface area contributed by atoms with Crippen molar-refractivity contribution >= 4 is 9.84 Å². The van der Waals surface area contributed by atoms with Crippen LogP contribution in [0.1, 0.15) is 38.2 Å². The Morgan fingerprint density at radius 3 is 2.59 bits per heavy atom. The Balaban J connectivity index is 2.88. The fourth-order valence-corrected chi connectivity index (χ4v) is 2.33. The summed E-state index contributed by atoms with van der Waals surface area (Å²) in [7, 11) is -3.10. The third-order valence-corrected chi connectivity index (χ3v) is 3.86. The lowest BCUT2D eigenvalue weighted by Crippen LogP contribution is -1.99. The van der Waals surface area contributed by atoms with Gasteiger partial charge in [0.05, 0.1) is 4.90 Å². The van der Waals surface area contributed by atoms with Gasteiger partial charge >= 0.3 is 0 Å². The van der Waals surface area contributed by atoms with Crippen LogP contribution >= 0.6 is 0 Å². The second-order valence-corrected chi connectivity index (χ2v) is 6.38. The Morgan fingerprint density at radius 2 is 2.00 bits per heavy atom. The number of rotatable bonds is 5. The maximum absolute atomic E-state index is 11.5. The smallest absolute Gasteiger partial charge is 0.175 e. The number of hydrogen-bond acceptors (Lipinski definition) is 2. The van der Waals surface area contributed by atoms with Gasteiger partial charge in [0, 0.05) is 6.26 Å². The molecule has 1 aromatic rings. The quantitative estimate of drug-likeness (QED) is 0.751. The van der Waals surface area contributed by atoms with Gasteiger partial charge in [-0.2, -0.15) is 0 Å². The number of hydrogen-bond donors (Lipinski definition) is 0. The first-order valence-corrected chi connectivity index (χ1v) is 7.79. The van der Waals surface area contributed by atoms with Crippen molar-refractivity contribution in [2.24, 2.45) is 0 Å². The van der Waals surface area contributed by atoms with Crippen LogP contribution in [0.4, 0.5) is 0 Å². The van der Waals surface area contributed by atoms with Gasteiger partial charge < -0.3 is 0 Å². The van der Waals surface area contributed by atoms with E-state index in [9.17, 15) is 8.42 Å². The summed E-state index contributed by atoms with van der Waals surface area (Å²) in [6.07, 6.45) is 7.51. The third-order valence-electron chi connectivity index (χ3n) is 2.75. The molecule has 17 heavy (non-hydrogen) atoms. The van der Waals surface area contributed by atoms with Crippen LogP contribution in [0.15, 0.2) is 41.3 Å². The van der Waals surface area contributed by atoms with E-state index in [4.69, 9.17) is 0 Å². The lowest BCUT2D eigenvalue weighted by atomic mass is 9.98. The summed E-state index contributed by atoms with van der Waals surface area (Å²) in [4.78, 5) is 0.404. The standard InChI is InChI=1S/C14H20O2S/c1-4-5-6-8-12(2)13-9-7-10-14(11-13)17(3,15)16/h5-7,9-12H,4,8H2,1-3H3/b6-5-. The fourth-order valence-electron chi connectivity index (χ4n) is 1.65. The predicted molar refractivity (Wildman–Crippen MR) is 72.0 cm³/mol. The minimum atomic E-state index is -3.10. The Kier molecular flexibility index (Phi) is 4.94. The van der Waals surface area contributed by atoms with Gasteiger partial charge in [0.1, 0.15) is 0 Å². The van der Waals surface area contributed by atoms with Crippen LogP contribution in [0.2, 0.25) is 0 Å². The van der Waals surface area contributed by atoms with Gasteiger partial charge in [0.15, 0.2) is 9.84 Å². The molecule has 0 N–H and O–H groups in total. The van der Waals surface area contributed by atoms with Gasteiger partial charge in [-0.25, -0.2) is 8.42 Å². The Labute approximate surface area is 104 Å². The Bertz CT molecular complexity index is 487. The summed E-state index contributed by atoms with van der Waals surface area (Å²) < 4.78 is 22.9. The average molecular weight is 252 g/mol. The van der Waals surface area contributed by atoms with Crippen LogP contribution in [-0.4, -0.2) is 14.7 Å². The molecular formula is C14H20O2S. The summed E-state index contributed by atoms with van der Waals surface area (Å²) in [5, 5.41) is 0. The Hall–Kier alpha value is -1.09. The molecule has 0 heterocycles. The molecule has 1 unspecified atom stereocenters. The molecule has 0 fully saturated rings. The number of benzene rings is 1. The molecule has 2 nitrogen and oxygen atoms in total. The largest absolute Gasteiger partial charge is 0.224 e. The second-order valence-electron chi connectivity index (χ2n) is 4.36. The topological polar surface area (TPSA) is 34.1 Å². The zero-order valence-electron chi connectivity index (χ0n) is 10.7. The normalized spacial score (nSPS) is 14.1. The van der Waals surface area contributed by atoms with Gasteiger partial charge in [-0.15, -0.1) is 0 Å². The maximum atomic E-state index is 11.5. The average Bonchev–Trinajstić information content (AvgIpc) is 2.28. The van der Waals surface area contributed by atoms with Crippen molar-refractivity contribution in [2.75, 3.05) is 6.26 Å². The molecule has 0 saturated heterocycles. The van der Waals surface area contributed by atoms with Crippen molar-refractivity contribution in [1.82, 2.24) is 0 Å². The molecule has 1 aromatic carbocycles. The first-order valence-electron chi connectivity index (χ1n) is 5.90. The van der Waals surface area contributed by atoms with E-state index in [2.05, 4.69) is 26.0 Å². The molecule has 1 rings (SSSR count). The van der Waals surface area contributed by atoms with E-state index in [1.807, 2.05) is 12.1 Å². The van der Waals surface area contributed by atoms with Gasteiger partial charge in [-0.3, -0.25) is 0 Å². The number of allylic oxidation sites excluding steroid dienone is 2. The van der Waals surface area contributed by atoms with Crippen LogP contribution in [0, 0.1) is 0 Å². The van der Waals surface area contributed by atoms with E-state index in [0.717, 1.165) is 18.4 Å². The van der Waals surface area contributed by atoms with Crippen molar-refractivity contribution < 1.29 is 8.42 Å². The molecule has 0 aliphatic carbocycles. The lowest BCUT2D eigenvalue weighted by molar-refractivity contribution is 0.601. The van der Waals surface area contributed by atoms with E-state index in [1.165, 1.54) is 6.26 Å². The minimum Gasteiger partial charge on any atom is -0.224 e. The minimum absolute atomic E-state index is 0.347. The molecule has 0 bridgehead atoms. The molecule has 0 aromatic heterocycles. The van der Waals surface area contributed by atoms with E-state index < -0.39 is 9.84 Å². The van der Waals surface area contributed by atoms with Crippen LogP contribution in [-0.2, 0) is 9.84 Å². The fraction of sp³-hybridized carbons (Fsp3) is 0.429. The van der Waals surface area contributed by atoms with Gasteiger partial charge in [-0.1, -0.05) is 38.1 Å². The van der Waals surface area contributed by atoms with Crippen molar-refractivity contribution in [2.45, 2.75) is 37.5 Å². The van der Waals surface area contributed by atoms with E-state index >= 15 is 0 Å². The molecular weight excluding hydrogens is 232 g/mol. The van der Waals surface area contributed by atoms with Gasteiger partial charge in [-0.05, 0) is 36.5 Å². The van der Waals surface area contributed by atoms with Crippen LogP contribution < -0.4 is 0 Å². The zero-order chi connectivity index (χ0) is 12.9. The van der Waals surface area contributed by atoms with Crippen molar-refractivity contribution in [3.8, 4) is 0 Å². The Morgan fingerprint density at radius 1 is 1.29 bits per heavy atom.